The summed E-state index contributed by atoms with van der Waals surface area (Å²) >= 11 is 0. The van der Waals surface area contributed by atoms with E-state index in [1.165, 1.54) is 18.3 Å². The maximum atomic E-state index is 12.7. The molecule has 1 aromatic rings. The van der Waals surface area contributed by atoms with E-state index in [1.807, 2.05) is 6.08 Å². The van der Waals surface area contributed by atoms with Gasteiger partial charge in [0.25, 0.3) is 0 Å². The molecule has 1 aliphatic carbocycles. The lowest BCUT2D eigenvalue weighted by atomic mass is 9.86. The van der Waals surface area contributed by atoms with Gasteiger partial charge in [-0.3, -0.25) is 9.59 Å². The van der Waals surface area contributed by atoms with Crippen LogP contribution in [0.25, 0.3) is 0 Å². The van der Waals surface area contributed by atoms with E-state index in [9.17, 15) is 9.59 Å². The van der Waals surface area contributed by atoms with Crippen molar-refractivity contribution >= 4 is 11.6 Å². The Balaban J connectivity index is 2.23. The lowest BCUT2D eigenvalue weighted by Crippen LogP contribution is -2.22. The first-order valence-electron chi connectivity index (χ1n) is 8.20. The Labute approximate surface area is 143 Å². The average molecular weight is 324 g/mol. The van der Waals surface area contributed by atoms with Crippen LogP contribution in [-0.2, 0) is 4.74 Å². The number of carbonyl (C=O) groups excluding carboxylic acids is 2. The minimum Gasteiger partial charge on any atom is -0.492 e. The van der Waals surface area contributed by atoms with E-state index in [2.05, 4.69) is 26.8 Å². The standard InChI is InChI=1S/C21H24O3/c1-14(2)8-7-9-15(3)12-13-18-19(22)16-10-5-6-11-17(16)20(23)21(18)24-4/h5-6,8,10-12H,7,9,13H2,1-4H3. The van der Waals surface area contributed by atoms with Crippen LogP contribution in [0.4, 0.5) is 0 Å². The van der Waals surface area contributed by atoms with Crippen LogP contribution in [0.5, 0.6) is 0 Å². The van der Waals surface area contributed by atoms with Crippen molar-refractivity contribution in [2.45, 2.75) is 40.0 Å². The van der Waals surface area contributed by atoms with Crippen molar-refractivity contribution in [3.05, 3.63) is 70.0 Å². The summed E-state index contributed by atoms with van der Waals surface area (Å²) in [5.74, 6) is -0.152. The van der Waals surface area contributed by atoms with Crippen LogP contribution in [-0.4, -0.2) is 18.7 Å². The van der Waals surface area contributed by atoms with Crippen LogP contribution in [0.2, 0.25) is 0 Å². The molecule has 0 saturated heterocycles. The van der Waals surface area contributed by atoms with Gasteiger partial charge < -0.3 is 4.74 Å². The Morgan fingerprint density at radius 3 is 2.21 bits per heavy atom. The third kappa shape index (κ3) is 3.91. The third-order valence-corrected chi connectivity index (χ3v) is 4.12. The fraction of sp³-hybridized carbons (Fsp3) is 0.333. The summed E-state index contributed by atoms with van der Waals surface area (Å²) in [6, 6.07) is 6.91. The zero-order valence-corrected chi connectivity index (χ0v) is 14.8. The molecule has 0 aliphatic heterocycles. The van der Waals surface area contributed by atoms with Gasteiger partial charge in [0.1, 0.15) is 0 Å². The van der Waals surface area contributed by atoms with Gasteiger partial charge in [-0.1, -0.05) is 47.6 Å². The van der Waals surface area contributed by atoms with Crippen molar-refractivity contribution < 1.29 is 14.3 Å². The number of hydrogen-bond donors (Lipinski definition) is 0. The molecule has 0 radical (unpaired) electrons. The van der Waals surface area contributed by atoms with Crippen molar-refractivity contribution in [2.75, 3.05) is 7.11 Å². The van der Waals surface area contributed by atoms with E-state index < -0.39 is 0 Å². The zero-order valence-electron chi connectivity index (χ0n) is 14.8. The van der Waals surface area contributed by atoms with E-state index in [0.717, 1.165) is 12.8 Å². The second-order valence-electron chi connectivity index (χ2n) is 6.29. The molecule has 0 atom stereocenters. The van der Waals surface area contributed by atoms with Crippen LogP contribution in [0.1, 0.15) is 60.7 Å². The van der Waals surface area contributed by atoms with Gasteiger partial charge in [0, 0.05) is 16.7 Å². The number of ketones is 2. The Morgan fingerprint density at radius 1 is 1.00 bits per heavy atom. The Kier molecular flexibility index (Phi) is 5.91. The molecule has 1 aliphatic rings. The highest BCUT2D eigenvalue weighted by molar-refractivity contribution is 6.26. The molecule has 0 fully saturated rings. The summed E-state index contributed by atoms with van der Waals surface area (Å²) in [6.07, 6.45) is 6.56. The number of hydrogen-bond acceptors (Lipinski definition) is 3. The van der Waals surface area contributed by atoms with Gasteiger partial charge in [-0.25, -0.2) is 0 Å². The van der Waals surface area contributed by atoms with Gasteiger partial charge in [0.15, 0.2) is 11.5 Å². The van der Waals surface area contributed by atoms with Crippen LogP contribution in [0.15, 0.2) is 58.9 Å². The van der Waals surface area contributed by atoms with Crippen molar-refractivity contribution in [3.63, 3.8) is 0 Å². The Bertz CT molecular complexity index is 744. The first-order chi connectivity index (χ1) is 11.5. The number of methoxy groups -OCH3 is 1. The molecule has 24 heavy (non-hydrogen) atoms. The first-order valence-corrected chi connectivity index (χ1v) is 8.20. The lowest BCUT2D eigenvalue weighted by molar-refractivity contribution is 0.0904. The van der Waals surface area contributed by atoms with Gasteiger partial charge in [-0.2, -0.15) is 0 Å². The number of Topliss-reactive ketones (excluding diaryl/α,β-unsaturated/α-hetero) is 2. The SMILES string of the molecule is COC1=C(CC=C(C)CCC=C(C)C)C(=O)c2ccccc2C1=O. The first kappa shape index (κ1) is 17.9. The lowest BCUT2D eigenvalue weighted by Gasteiger charge is -2.19. The number of fused-ring (bicyclic) bond motifs is 1. The molecule has 0 spiro atoms. The minimum absolute atomic E-state index is 0.115. The van der Waals surface area contributed by atoms with E-state index in [-0.39, 0.29) is 17.3 Å². The molecule has 3 heteroatoms. The van der Waals surface area contributed by atoms with Gasteiger partial charge in [-0.05, 0) is 40.0 Å². The largest absolute Gasteiger partial charge is 0.492 e. The quantitative estimate of drug-likeness (QED) is 0.688. The van der Waals surface area contributed by atoms with Gasteiger partial charge in [0.05, 0.1) is 7.11 Å². The van der Waals surface area contributed by atoms with Crippen molar-refractivity contribution in [2.24, 2.45) is 0 Å². The molecule has 0 aromatic heterocycles. The summed E-state index contributed by atoms with van der Waals surface area (Å²) in [5.41, 5.74) is 3.84. The van der Waals surface area contributed by atoms with Gasteiger partial charge >= 0.3 is 0 Å². The van der Waals surface area contributed by atoms with Gasteiger partial charge in [0.2, 0.25) is 5.78 Å². The second-order valence-corrected chi connectivity index (χ2v) is 6.29. The molecule has 0 unspecified atom stereocenters. The second kappa shape index (κ2) is 7.91. The molecule has 0 heterocycles. The number of carbonyl (C=O) groups is 2. The summed E-state index contributed by atoms with van der Waals surface area (Å²) in [7, 11) is 1.44. The fourth-order valence-corrected chi connectivity index (χ4v) is 2.77. The Morgan fingerprint density at radius 2 is 1.62 bits per heavy atom. The molecular formula is C21H24O3. The molecule has 2 rings (SSSR count). The summed E-state index contributed by atoms with van der Waals surface area (Å²) in [6.45, 7) is 6.21. The topological polar surface area (TPSA) is 43.4 Å². The van der Waals surface area contributed by atoms with Crippen molar-refractivity contribution in [1.29, 1.82) is 0 Å². The normalized spacial score (nSPS) is 14.6. The highest BCUT2D eigenvalue weighted by Crippen LogP contribution is 2.29. The zero-order chi connectivity index (χ0) is 17.7. The Hall–Kier alpha value is -2.42. The monoisotopic (exact) mass is 324 g/mol. The van der Waals surface area contributed by atoms with Gasteiger partial charge in [-0.15, -0.1) is 0 Å². The highest BCUT2D eigenvalue weighted by atomic mass is 16.5. The predicted molar refractivity (Wildman–Crippen MR) is 96.2 cm³/mol. The molecular weight excluding hydrogens is 300 g/mol. The smallest absolute Gasteiger partial charge is 0.228 e. The molecule has 1 aromatic carbocycles. The molecule has 3 nitrogen and oxygen atoms in total. The molecule has 0 amide bonds. The van der Waals surface area contributed by atoms with E-state index >= 15 is 0 Å². The maximum absolute atomic E-state index is 12.7. The molecule has 0 N–H and O–H groups in total. The summed E-state index contributed by atoms with van der Waals surface area (Å²) in [5, 5.41) is 0. The van der Waals surface area contributed by atoms with Crippen LogP contribution < -0.4 is 0 Å². The maximum Gasteiger partial charge on any atom is 0.228 e. The van der Waals surface area contributed by atoms with E-state index in [4.69, 9.17) is 4.74 Å². The summed E-state index contributed by atoms with van der Waals surface area (Å²) in [4.78, 5) is 25.3. The fourth-order valence-electron chi connectivity index (χ4n) is 2.77. The molecule has 0 saturated carbocycles. The van der Waals surface area contributed by atoms with E-state index in [1.54, 1.807) is 24.3 Å². The summed E-state index contributed by atoms with van der Waals surface area (Å²) < 4.78 is 5.26. The molecule has 0 bridgehead atoms. The minimum atomic E-state index is -0.210. The predicted octanol–water partition coefficient (Wildman–Crippen LogP) is 5.05. The van der Waals surface area contributed by atoms with Crippen molar-refractivity contribution in [1.82, 2.24) is 0 Å². The number of rotatable bonds is 6. The highest BCUT2D eigenvalue weighted by Gasteiger charge is 2.32. The third-order valence-electron chi connectivity index (χ3n) is 4.12. The van der Waals surface area contributed by atoms with Crippen LogP contribution >= 0.6 is 0 Å². The van der Waals surface area contributed by atoms with E-state index in [0.29, 0.717) is 23.1 Å². The van der Waals surface area contributed by atoms with Crippen molar-refractivity contribution in [3.8, 4) is 0 Å². The molecule has 126 valence electrons. The van der Waals surface area contributed by atoms with Crippen LogP contribution in [0, 0.1) is 0 Å². The number of allylic oxidation sites excluding steroid dienone is 6. The average Bonchev–Trinajstić information content (AvgIpc) is 2.56. The van der Waals surface area contributed by atoms with Crippen LogP contribution in [0.3, 0.4) is 0 Å². The number of benzene rings is 1. The number of ether oxygens (including phenoxy) is 1.